The number of aromatic nitrogens is 4. The largest absolute Gasteiger partial charge is 0.324 e. The Hall–Kier alpha value is -3.89. The number of rotatable bonds is 5. The number of nitro benzene ring substituents is 1. The number of carbonyl (C=O) groups is 1. The second-order valence-electron chi connectivity index (χ2n) is 6.40. The number of hydrogen-bond acceptors (Lipinski definition) is 6. The fourth-order valence-electron chi connectivity index (χ4n) is 2.75. The summed E-state index contributed by atoms with van der Waals surface area (Å²) < 4.78 is 16.0. The van der Waals surface area contributed by atoms with Crippen LogP contribution in [0.15, 0.2) is 41.2 Å². The van der Waals surface area contributed by atoms with E-state index in [1.165, 1.54) is 25.1 Å². The first-order chi connectivity index (χ1) is 13.7. The monoisotopic (exact) mass is 400 g/mol. The first-order valence-electron chi connectivity index (χ1n) is 8.55. The molecule has 0 saturated heterocycles. The molecule has 3 rings (SSSR count). The molecule has 1 atom stereocenters. The summed E-state index contributed by atoms with van der Waals surface area (Å²) in [5.74, 6) is -1.31. The van der Waals surface area contributed by atoms with E-state index in [9.17, 15) is 24.1 Å². The minimum atomic E-state index is -1.04. The predicted octanol–water partition coefficient (Wildman–Crippen LogP) is 2.29. The van der Waals surface area contributed by atoms with Crippen LogP contribution in [0.1, 0.15) is 24.4 Å². The van der Waals surface area contributed by atoms with E-state index < -0.39 is 33.9 Å². The number of benzene rings is 1. The number of hydrogen-bond donors (Lipinski definition) is 1. The average Bonchev–Trinajstić information content (AvgIpc) is 3.01. The third-order valence-corrected chi connectivity index (χ3v) is 4.19. The number of nitrogens with one attached hydrogen (secondary N) is 1. The molecule has 11 heteroatoms. The number of carbonyl (C=O) groups excluding carboxylic acids is 1. The number of amides is 1. The van der Waals surface area contributed by atoms with Crippen LogP contribution in [-0.4, -0.2) is 30.4 Å². The molecule has 1 aromatic carbocycles. The number of aryl methyl sites for hydroxylation is 2. The molecule has 0 saturated carbocycles. The molecule has 0 bridgehead atoms. The maximum Gasteiger partial charge on any atom is 0.306 e. The van der Waals surface area contributed by atoms with Gasteiger partial charge in [0.15, 0.2) is 5.82 Å². The standard InChI is InChI=1S/C18H17FN6O4/c1-10-8-11(2)23(21-10)16-6-7-17(26)24(22-16)12(3)18(27)20-13-4-5-14(19)15(9-13)25(28)29/h4-9,12H,1-3H3,(H,20,27). The summed E-state index contributed by atoms with van der Waals surface area (Å²) in [5.41, 5.74) is 0.319. The van der Waals surface area contributed by atoms with Crippen molar-refractivity contribution < 1.29 is 14.1 Å². The number of halogens is 1. The van der Waals surface area contributed by atoms with E-state index in [2.05, 4.69) is 15.5 Å². The quantitative estimate of drug-likeness (QED) is 0.517. The number of nitrogens with zero attached hydrogens (tertiary/aromatic N) is 5. The fourth-order valence-corrected chi connectivity index (χ4v) is 2.75. The fraction of sp³-hybridized carbons (Fsp3) is 0.222. The van der Waals surface area contributed by atoms with Crippen molar-refractivity contribution in [1.29, 1.82) is 0 Å². The predicted molar refractivity (Wildman–Crippen MR) is 101 cm³/mol. The van der Waals surface area contributed by atoms with Gasteiger partial charge in [0.05, 0.1) is 10.6 Å². The van der Waals surface area contributed by atoms with Crippen LogP contribution < -0.4 is 10.9 Å². The van der Waals surface area contributed by atoms with Crippen LogP contribution in [0.25, 0.3) is 5.82 Å². The lowest BCUT2D eigenvalue weighted by Gasteiger charge is -2.15. The molecule has 0 radical (unpaired) electrons. The minimum absolute atomic E-state index is 0.0256. The molecule has 3 aromatic rings. The maximum atomic E-state index is 13.5. The molecule has 0 spiro atoms. The molecule has 0 fully saturated rings. The molecule has 29 heavy (non-hydrogen) atoms. The van der Waals surface area contributed by atoms with E-state index >= 15 is 0 Å². The first kappa shape index (κ1) is 19.9. The van der Waals surface area contributed by atoms with Gasteiger partial charge in [-0.05, 0) is 45.0 Å². The Kier molecular flexibility index (Phi) is 5.22. The van der Waals surface area contributed by atoms with Gasteiger partial charge in [0.2, 0.25) is 11.7 Å². The highest BCUT2D eigenvalue weighted by atomic mass is 19.1. The lowest BCUT2D eigenvalue weighted by atomic mass is 10.2. The number of nitro groups is 1. The van der Waals surface area contributed by atoms with Gasteiger partial charge in [-0.1, -0.05) is 0 Å². The van der Waals surface area contributed by atoms with Crippen molar-refractivity contribution in [3.8, 4) is 5.82 Å². The average molecular weight is 400 g/mol. The Balaban J connectivity index is 1.89. The van der Waals surface area contributed by atoms with E-state index in [1.54, 1.807) is 4.68 Å². The third kappa shape index (κ3) is 4.03. The summed E-state index contributed by atoms with van der Waals surface area (Å²) in [6.45, 7) is 5.10. The van der Waals surface area contributed by atoms with Crippen LogP contribution in [-0.2, 0) is 4.79 Å². The van der Waals surface area contributed by atoms with E-state index in [1.807, 2.05) is 19.9 Å². The van der Waals surface area contributed by atoms with Crippen molar-refractivity contribution in [2.75, 3.05) is 5.32 Å². The Morgan fingerprint density at radius 1 is 1.21 bits per heavy atom. The Morgan fingerprint density at radius 2 is 1.93 bits per heavy atom. The zero-order chi connectivity index (χ0) is 21.3. The second kappa shape index (κ2) is 7.62. The first-order valence-corrected chi connectivity index (χ1v) is 8.55. The zero-order valence-corrected chi connectivity index (χ0v) is 15.8. The molecule has 2 aromatic heterocycles. The van der Waals surface area contributed by atoms with Gasteiger partial charge in [-0.25, -0.2) is 9.36 Å². The van der Waals surface area contributed by atoms with Gasteiger partial charge in [-0.15, -0.1) is 5.10 Å². The zero-order valence-electron chi connectivity index (χ0n) is 15.8. The molecular weight excluding hydrogens is 383 g/mol. The third-order valence-electron chi connectivity index (χ3n) is 4.19. The van der Waals surface area contributed by atoms with Crippen LogP contribution in [0.4, 0.5) is 15.8 Å². The molecule has 1 unspecified atom stereocenters. The highest BCUT2D eigenvalue weighted by molar-refractivity contribution is 5.93. The lowest BCUT2D eigenvalue weighted by Crippen LogP contribution is -2.33. The Labute approximate surface area is 163 Å². The summed E-state index contributed by atoms with van der Waals surface area (Å²) in [6.07, 6.45) is 0. The molecule has 1 amide bonds. The lowest BCUT2D eigenvalue weighted by molar-refractivity contribution is -0.387. The molecule has 150 valence electrons. The summed E-state index contributed by atoms with van der Waals surface area (Å²) in [5, 5.41) is 21.8. The molecule has 0 aliphatic carbocycles. The van der Waals surface area contributed by atoms with Gasteiger partial charge in [-0.2, -0.15) is 9.49 Å². The second-order valence-corrected chi connectivity index (χ2v) is 6.40. The normalized spacial score (nSPS) is 11.9. The molecule has 0 aliphatic heterocycles. The molecular formula is C18H17FN6O4. The van der Waals surface area contributed by atoms with Crippen LogP contribution in [0, 0.1) is 29.8 Å². The van der Waals surface area contributed by atoms with Crippen LogP contribution in [0.2, 0.25) is 0 Å². The molecule has 0 aliphatic rings. The Morgan fingerprint density at radius 3 is 2.55 bits per heavy atom. The topological polar surface area (TPSA) is 125 Å². The summed E-state index contributed by atoms with van der Waals surface area (Å²) in [7, 11) is 0. The SMILES string of the molecule is Cc1cc(C)n(-c2ccc(=O)n(C(C)C(=O)Nc3ccc(F)c([N+](=O)[O-])c3)n2)n1. The van der Waals surface area contributed by atoms with Crippen LogP contribution in [0.5, 0.6) is 0 Å². The van der Waals surface area contributed by atoms with Gasteiger partial charge in [-0.3, -0.25) is 19.7 Å². The van der Waals surface area contributed by atoms with Crippen LogP contribution in [0.3, 0.4) is 0 Å². The van der Waals surface area contributed by atoms with Crippen molar-refractivity contribution >= 4 is 17.3 Å². The van der Waals surface area contributed by atoms with E-state index in [4.69, 9.17) is 0 Å². The van der Waals surface area contributed by atoms with Crippen molar-refractivity contribution in [2.45, 2.75) is 26.8 Å². The smallest absolute Gasteiger partial charge is 0.306 e. The van der Waals surface area contributed by atoms with Gasteiger partial charge in [0.1, 0.15) is 6.04 Å². The highest BCUT2D eigenvalue weighted by Gasteiger charge is 2.21. The molecule has 1 N–H and O–H groups in total. The van der Waals surface area contributed by atoms with Gasteiger partial charge >= 0.3 is 5.69 Å². The summed E-state index contributed by atoms with van der Waals surface area (Å²) in [4.78, 5) is 34.7. The summed E-state index contributed by atoms with van der Waals surface area (Å²) in [6, 6.07) is 6.54. The summed E-state index contributed by atoms with van der Waals surface area (Å²) >= 11 is 0. The van der Waals surface area contributed by atoms with Gasteiger partial charge < -0.3 is 5.32 Å². The van der Waals surface area contributed by atoms with E-state index in [0.29, 0.717) is 5.82 Å². The molecule has 10 nitrogen and oxygen atoms in total. The van der Waals surface area contributed by atoms with Crippen molar-refractivity contribution in [3.05, 3.63) is 74.1 Å². The van der Waals surface area contributed by atoms with E-state index in [-0.39, 0.29) is 5.69 Å². The van der Waals surface area contributed by atoms with Gasteiger partial charge in [0.25, 0.3) is 5.56 Å². The number of anilines is 1. The van der Waals surface area contributed by atoms with Crippen molar-refractivity contribution in [1.82, 2.24) is 19.6 Å². The Bertz CT molecular complexity index is 1170. The van der Waals surface area contributed by atoms with Crippen molar-refractivity contribution in [2.24, 2.45) is 0 Å². The van der Waals surface area contributed by atoms with Crippen molar-refractivity contribution in [3.63, 3.8) is 0 Å². The van der Waals surface area contributed by atoms with E-state index in [0.717, 1.165) is 28.2 Å². The highest BCUT2D eigenvalue weighted by Crippen LogP contribution is 2.22. The van der Waals surface area contributed by atoms with Gasteiger partial charge in [0, 0.05) is 23.5 Å². The maximum absolute atomic E-state index is 13.5. The molecule has 2 heterocycles. The van der Waals surface area contributed by atoms with Crippen LogP contribution >= 0.6 is 0 Å². The minimum Gasteiger partial charge on any atom is -0.324 e.